The Morgan fingerprint density at radius 3 is 1.86 bits per heavy atom. The third-order valence-corrected chi connectivity index (χ3v) is 5.09. The smallest absolute Gasteiger partial charge is 0.338 e. The largest absolute Gasteiger partial charge is 0.493 e. The summed E-state index contributed by atoms with van der Waals surface area (Å²) >= 11 is 0. The molecule has 0 aliphatic heterocycles. The number of ether oxygens (including phenoxy) is 3. The lowest BCUT2D eigenvalue weighted by Gasteiger charge is -2.12. The van der Waals surface area contributed by atoms with Crippen molar-refractivity contribution in [2.45, 2.75) is 97.3 Å². The van der Waals surface area contributed by atoms with Gasteiger partial charge in [-0.05, 0) is 31.0 Å². The molecule has 0 saturated heterocycles. The molecular weight excluding hydrogens is 364 g/mol. The van der Waals surface area contributed by atoms with Gasteiger partial charge in [0.2, 0.25) is 0 Å². The van der Waals surface area contributed by atoms with Crippen LogP contribution in [0.3, 0.4) is 0 Å². The minimum atomic E-state index is -0.322. The Kier molecular flexibility index (Phi) is 15.0. The summed E-state index contributed by atoms with van der Waals surface area (Å²) in [6, 6.07) is 5.22. The minimum Gasteiger partial charge on any atom is -0.493 e. The average molecular weight is 407 g/mol. The number of methoxy groups -OCH3 is 1. The van der Waals surface area contributed by atoms with Crippen LogP contribution in [0, 0.1) is 0 Å². The standard InChI is InChI=1S/C25H42O4/c1-4-6-7-8-9-10-11-12-13-14-15-16-20-28-23-18-17-22(21-24(23)27-3)25(26)29-19-5-2/h17-18,21H,4-16,19-20H2,1-3H3. The third-order valence-electron chi connectivity index (χ3n) is 5.09. The van der Waals surface area contributed by atoms with E-state index in [1.54, 1.807) is 25.3 Å². The second-order valence-corrected chi connectivity index (χ2v) is 7.74. The maximum absolute atomic E-state index is 11.9. The first-order valence-electron chi connectivity index (χ1n) is 11.7. The van der Waals surface area contributed by atoms with Crippen molar-refractivity contribution in [3.63, 3.8) is 0 Å². The highest BCUT2D eigenvalue weighted by molar-refractivity contribution is 5.90. The first-order chi connectivity index (χ1) is 14.2. The van der Waals surface area contributed by atoms with E-state index in [4.69, 9.17) is 14.2 Å². The molecule has 1 rings (SSSR count). The molecule has 0 N–H and O–H groups in total. The van der Waals surface area contributed by atoms with Crippen LogP contribution in [0.5, 0.6) is 11.5 Å². The van der Waals surface area contributed by atoms with Crippen molar-refractivity contribution in [1.82, 2.24) is 0 Å². The maximum Gasteiger partial charge on any atom is 0.338 e. The molecule has 4 nitrogen and oxygen atoms in total. The van der Waals surface area contributed by atoms with Gasteiger partial charge in [0, 0.05) is 0 Å². The SMILES string of the molecule is CCCCCCCCCCCCCCOc1ccc(C(=O)OCCC)cc1OC. The van der Waals surface area contributed by atoms with Gasteiger partial charge in [0.1, 0.15) is 0 Å². The average Bonchev–Trinajstić information content (AvgIpc) is 2.75. The molecule has 0 bridgehead atoms. The Labute approximate surface area is 178 Å². The zero-order valence-electron chi connectivity index (χ0n) is 19.0. The van der Waals surface area contributed by atoms with Crippen LogP contribution in [-0.4, -0.2) is 26.3 Å². The molecule has 0 aromatic heterocycles. The summed E-state index contributed by atoms with van der Waals surface area (Å²) in [4.78, 5) is 11.9. The van der Waals surface area contributed by atoms with Gasteiger partial charge in [0.05, 0.1) is 25.9 Å². The quantitative estimate of drug-likeness (QED) is 0.189. The molecule has 0 atom stereocenters. The van der Waals surface area contributed by atoms with E-state index in [2.05, 4.69) is 6.92 Å². The van der Waals surface area contributed by atoms with Crippen molar-refractivity contribution in [3.8, 4) is 11.5 Å². The minimum absolute atomic E-state index is 0.322. The van der Waals surface area contributed by atoms with Crippen molar-refractivity contribution < 1.29 is 19.0 Å². The van der Waals surface area contributed by atoms with Crippen LogP contribution in [0.15, 0.2) is 18.2 Å². The van der Waals surface area contributed by atoms with Gasteiger partial charge in [-0.1, -0.05) is 84.5 Å². The zero-order valence-corrected chi connectivity index (χ0v) is 19.0. The molecule has 0 fully saturated rings. The van der Waals surface area contributed by atoms with Crippen LogP contribution < -0.4 is 9.47 Å². The number of esters is 1. The number of rotatable bonds is 18. The lowest BCUT2D eigenvalue weighted by atomic mass is 10.1. The highest BCUT2D eigenvalue weighted by Crippen LogP contribution is 2.28. The first kappa shape index (κ1) is 25.3. The summed E-state index contributed by atoms with van der Waals surface area (Å²) in [5.41, 5.74) is 0.494. The maximum atomic E-state index is 11.9. The number of hydrogen-bond donors (Lipinski definition) is 0. The summed E-state index contributed by atoms with van der Waals surface area (Å²) in [7, 11) is 1.59. The van der Waals surface area contributed by atoms with E-state index in [9.17, 15) is 4.79 Å². The molecule has 29 heavy (non-hydrogen) atoms. The zero-order chi connectivity index (χ0) is 21.2. The molecule has 0 aliphatic carbocycles. The van der Waals surface area contributed by atoms with Gasteiger partial charge >= 0.3 is 5.97 Å². The third kappa shape index (κ3) is 11.8. The Balaban J connectivity index is 2.13. The lowest BCUT2D eigenvalue weighted by molar-refractivity contribution is 0.0504. The van der Waals surface area contributed by atoms with Crippen LogP contribution in [0.4, 0.5) is 0 Å². The molecule has 0 amide bonds. The van der Waals surface area contributed by atoms with E-state index in [0.717, 1.165) is 12.8 Å². The van der Waals surface area contributed by atoms with Crippen LogP contribution in [0.25, 0.3) is 0 Å². The molecule has 0 saturated carbocycles. The molecule has 1 aromatic rings. The Bertz CT molecular complexity index is 542. The van der Waals surface area contributed by atoms with E-state index in [1.165, 1.54) is 70.6 Å². The Morgan fingerprint density at radius 2 is 1.31 bits per heavy atom. The van der Waals surface area contributed by atoms with E-state index >= 15 is 0 Å². The molecule has 166 valence electrons. The summed E-state index contributed by atoms with van der Waals surface area (Å²) < 4.78 is 16.4. The van der Waals surface area contributed by atoms with Gasteiger partial charge in [0.25, 0.3) is 0 Å². The summed E-state index contributed by atoms with van der Waals surface area (Å²) in [6.45, 7) is 5.34. The molecule has 1 aromatic carbocycles. The van der Waals surface area contributed by atoms with E-state index in [1.807, 2.05) is 6.92 Å². The van der Waals surface area contributed by atoms with Crippen molar-refractivity contribution in [2.75, 3.05) is 20.3 Å². The van der Waals surface area contributed by atoms with Crippen molar-refractivity contribution in [1.29, 1.82) is 0 Å². The topological polar surface area (TPSA) is 44.8 Å². The van der Waals surface area contributed by atoms with Crippen molar-refractivity contribution >= 4 is 5.97 Å². The van der Waals surface area contributed by atoms with Gasteiger partial charge < -0.3 is 14.2 Å². The van der Waals surface area contributed by atoms with E-state index in [0.29, 0.717) is 30.3 Å². The van der Waals surface area contributed by atoms with Crippen LogP contribution in [-0.2, 0) is 4.74 Å². The second kappa shape index (κ2) is 17.2. The molecule has 0 unspecified atom stereocenters. The van der Waals surface area contributed by atoms with Gasteiger partial charge in [0.15, 0.2) is 11.5 Å². The number of hydrogen-bond acceptors (Lipinski definition) is 4. The van der Waals surface area contributed by atoms with Crippen LogP contribution in [0.2, 0.25) is 0 Å². The first-order valence-corrected chi connectivity index (χ1v) is 11.7. The molecule has 4 heteroatoms. The summed E-state index contributed by atoms with van der Waals surface area (Å²) in [5, 5.41) is 0. The Morgan fingerprint density at radius 1 is 0.724 bits per heavy atom. The van der Waals surface area contributed by atoms with Gasteiger partial charge in [-0.2, -0.15) is 0 Å². The number of carbonyl (C=O) groups excluding carboxylic acids is 1. The fourth-order valence-corrected chi connectivity index (χ4v) is 3.32. The van der Waals surface area contributed by atoms with Crippen LogP contribution >= 0.6 is 0 Å². The summed E-state index contributed by atoms with van der Waals surface area (Å²) in [6.07, 6.45) is 16.7. The molecule has 0 radical (unpaired) electrons. The van der Waals surface area contributed by atoms with Crippen molar-refractivity contribution in [3.05, 3.63) is 23.8 Å². The monoisotopic (exact) mass is 406 g/mol. The van der Waals surface area contributed by atoms with Gasteiger partial charge in [-0.15, -0.1) is 0 Å². The normalized spacial score (nSPS) is 10.7. The van der Waals surface area contributed by atoms with Gasteiger partial charge in [-0.25, -0.2) is 4.79 Å². The van der Waals surface area contributed by atoms with E-state index < -0.39 is 0 Å². The highest BCUT2D eigenvalue weighted by Gasteiger charge is 2.12. The fourth-order valence-electron chi connectivity index (χ4n) is 3.32. The molecular formula is C25H42O4. The number of carbonyl (C=O) groups is 1. The number of benzene rings is 1. The highest BCUT2D eigenvalue weighted by atomic mass is 16.5. The Hall–Kier alpha value is -1.71. The molecule has 0 spiro atoms. The predicted molar refractivity (Wildman–Crippen MR) is 120 cm³/mol. The van der Waals surface area contributed by atoms with Crippen molar-refractivity contribution in [2.24, 2.45) is 0 Å². The van der Waals surface area contributed by atoms with Crippen LogP contribution in [0.1, 0.15) is 108 Å². The predicted octanol–water partition coefficient (Wildman–Crippen LogP) is 7.34. The lowest BCUT2D eigenvalue weighted by Crippen LogP contribution is -2.07. The second-order valence-electron chi connectivity index (χ2n) is 7.74. The summed E-state index contributed by atoms with van der Waals surface area (Å²) in [5.74, 6) is 0.940. The molecule has 0 aliphatic rings. The molecule has 0 heterocycles. The van der Waals surface area contributed by atoms with E-state index in [-0.39, 0.29) is 5.97 Å². The van der Waals surface area contributed by atoms with Gasteiger partial charge in [-0.3, -0.25) is 0 Å². The number of unbranched alkanes of at least 4 members (excludes halogenated alkanes) is 11. The fraction of sp³-hybridized carbons (Fsp3) is 0.720.